The number of nitrogens with zero attached hydrogens (tertiary/aromatic N) is 8. The smallest absolute Gasteiger partial charge is 0.399 e. The number of anilines is 6. The van der Waals surface area contributed by atoms with Crippen LogP contribution >= 0.6 is 23.2 Å². The molecule has 5 heterocycles. The van der Waals surface area contributed by atoms with Crippen molar-refractivity contribution in [2.24, 2.45) is 0 Å². The van der Waals surface area contributed by atoms with Crippen LogP contribution in [0.4, 0.5) is 38.8 Å². The van der Waals surface area contributed by atoms with E-state index in [0.29, 0.717) is 23.3 Å². The van der Waals surface area contributed by atoms with Gasteiger partial charge in [-0.1, -0.05) is 231 Å². The second-order valence-electron chi connectivity index (χ2n) is 28.4. The van der Waals surface area contributed by atoms with Crippen LogP contribution in [0.15, 0.2) is 315 Å². The van der Waals surface area contributed by atoms with E-state index in [-0.39, 0.29) is 16.7 Å². The van der Waals surface area contributed by atoms with Gasteiger partial charge < -0.3 is 28.4 Å². The number of halogens is 3. The first kappa shape index (κ1) is 72.7. The molecule has 0 unspecified atom stereocenters. The molecule has 3 aliphatic rings. The van der Waals surface area contributed by atoms with Crippen molar-refractivity contribution in [1.29, 1.82) is 0 Å². The van der Waals surface area contributed by atoms with E-state index >= 15 is 0 Å². The summed E-state index contributed by atoms with van der Waals surface area (Å²) in [7, 11) is -0.833. The van der Waals surface area contributed by atoms with Gasteiger partial charge in [-0.15, -0.1) is 0 Å². The molecule has 12 nitrogen and oxygen atoms in total. The minimum atomic E-state index is -0.417. The molecule has 0 spiro atoms. The van der Waals surface area contributed by atoms with Crippen LogP contribution in [0.5, 0.6) is 0 Å². The lowest BCUT2D eigenvalue weighted by molar-refractivity contribution is 0.00578. The molecule has 14 aromatic rings. The topological polar surface area (TPSA) is 121 Å². The van der Waals surface area contributed by atoms with E-state index in [0.717, 1.165) is 112 Å². The van der Waals surface area contributed by atoms with E-state index in [1.54, 1.807) is 0 Å². The molecular formula is C90H79B2Cl2FN8O4. The quantitative estimate of drug-likeness (QED) is 0.121. The zero-order valence-corrected chi connectivity index (χ0v) is 62.1. The first-order valence-electron chi connectivity index (χ1n) is 35.5. The summed E-state index contributed by atoms with van der Waals surface area (Å²) in [5.74, 6) is 2.43. The van der Waals surface area contributed by atoms with Crippen LogP contribution in [0.25, 0.3) is 90.1 Å². The van der Waals surface area contributed by atoms with Gasteiger partial charge >= 0.3 is 14.2 Å². The Morgan fingerprint density at radius 3 is 0.944 bits per heavy atom. The Labute approximate surface area is 636 Å². The van der Waals surface area contributed by atoms with Crippen LogP contribution in [-0.2, 0) is 18.6 Å². The predicted molar refractivity (Wildman–Crippen MR) is 439 cm³/mol. The van der Waals surface area contributed by atoms with E-state index in [1.807, 2.05) is 60.7 Å². The van der Waals surface area contributed by atoms with Gasteiger partial charge in [0.1, 0.15) is 0 Å². The van der Waals surface area contributed by atoms with E-state index in [4.69, 9.17) is 56.8 Å². The van der Waals surface area contributed by atoms with Gasteiger partial charge in [-0.25, -0.2) is 15.0 Å². The summed E-state index contributed by atoms with van der Waals surface area (Å²) >= 11 is 11.3. The lowest BCUT2D eigenvalue weighted by atomic mass is 9.78. The predicted octanol–water partition coefficient (Wildman–Crippen LogP) is 22.3. The molecule has 2 saturated heterocycles. The molecule has 17 heteroatoms. The molecule has 107 heavy (non-hydrogen) atoms. The lowest BCUT2D eigenvalue weighted by Gasteiger charge is -2.32. The highest BCUT2D eigenvalue weighted by Crippen LogP contribution is 2.43. The van der Waals surface area contributed by atoms with Gasteiger partial charge in [-0.2, -0.15) is 15.0 Å². The molecule has 530 valence electrons. The Hall–Kier alpha value is -11.3. The summed E-state index contributed by atoms with van der Waals surface area (Å²) in [6.45, 7) is 16.7. The second-order valence-corrected chi connectivity index (χ2v) is 29.0. The maximum Gasteiger partial charge on any atom is 0.494 e. The molecule has 0 radical (unpaired) electrons. The number of hydrogen-bond donors (Lipinski definition) is 0. The zero-order valence-electron chi connectivity index (χ0n) is 60.6. The molecule has 2 fully saturated rings. The normalized spacial score (nSPS) is 14.7. The average Bonchev–Trinajstić information content (AvgIpc) is 1.65. The number of fused-ring (bicyclic) bond motifs is 14. The minimum Gasteiger partial charge on any atom is -0.399 e. The molecule has 17 rings (SSSR count). The van der Waals surface area contributed by atoms with Gasteiger partial charge in [0.15, 0.2) is 23.3 Å². The van der Waals surface area contributed by atoms with Gasteiger partial charge in [-0.3, -0.25) is 4.70 Å². The van der Waals surface area contributed by atoms with Crippen LogP contribution in [0, 0.1) is 0 Å². The minimum absolute atomic E-state index is 0. The molecular weight excluding hydrogens is 1370 g/mol. The molecule has 0 atom stereocenters. The van der Waals surface area contributed by atoms with Gasteiger partial charge in [0.05, 0.1) is 22.4 Å². The average molecular weight is 1450 g/mol. The number of benzene rings is 12. The van der Waals surface area contributed by atoms with E-state index in [9.17, 15) is 0 Å². The van der Waals surface area contributed by atoms with Crippen molar-refractivity contribution in [2.75, 3.05) is 9.80 Å². The Bertz CT molecular complexity index is 5220. The van der Waals surface area contributed by atoms with Crippen molar-refractivity contribution in [2.45, 2.75) is 77.8 Å². The van der Waals surface area contributed by atoms with Gasteiger partial charge in [0, 0.05) is 57.8 Å². The van der Waals surface area contributed by atoms with Crippen molar-refractivity contribution in [1.82, 2.24) is 29.9 Å². The zero-order chi connectivity index (χ0) is 73.2. The van der Waals surface area contributed by atoms with Crippen molar-refractivity contribution in [3.8, 4) is 90.1 Å². The summed E-state index contributed by atoms with van der Waals surface area (Å²) in [6.07, 6.45) is 0. The van der Waals surface area contributed by atoms with Crippen molar-refractivity contribution >= 4 is 82.5 Å². The van der Waals surface area contributed by atoms with Crippen molar-refractivity contribution in [3.05, 3.63) is 326 Å². The number of hydrogen-bond acceptors (Lipinski definition) is 12. The third kappa shape index (κ3) is 15.8. The SMILES string of the molecule is CC1(C)OB(c2cccc(-c3cccc(N(c4ccccc4)c4cccc(-c5cccc(B6OC(C)(C)C(C)(C)O6)c5)c4)c3)c2)OC1(C)C.Clc1nc(Cl)nc(-c2ccccc2)n1.F.[2HH].c1ccc(-c2nc3nc(n2)-c2cccc(c2)-c2cccc(c2)N(c2ccccc2)c2cccc(c2)-c2cccc-3c2)cc1. The third-order valence-electron chi connectivity index (χ3n) is 20.1. The number of rotatable bonds is 10. The number of aromatic nitrogens is 6. The second kappa shape index (κ2) is 30.7. The van der Waals surface area contributed by atoms with Gasteiger partial charge in [-0.05, 0) is 219 Å². The Morgan fingerprint density at radius 1 is 0.271 bits per heavy atom. The molecule has 0 N–H and O–H groups in total. The maximum atomic E-state index is 6.38. The Balaban J connectivity index is 0.000000160. The van der Waals surface area contributed by atoms with Gasteiger partial charge in [0.2, 0.25) is 10.6 Å². The Morgan fingerprint density at radius 2 is 0.542 bits per heavy atom. The van der Waals surface area contributed by atoms with Crippen molar-refractivity contribution < 1.29 is 24.7 Å². The molecule has 0 amide bonds. The summed E-state index contributed by atoms with van der Waals surface area (Å²) < 4.78 is 25.5. The van der Waals surface area contributed by atoms with Crippen LogP contribution < -0.4 is 20.7 Å². The van der Waals surface area contributed by atoms with Crippen LogP contribution in [0.1, 0.15) is 56.8 Å². The molecule has 0 saturated carbocycles. The largest absolute Gasteiger partial charge is 0.494 e. The Kier molecular flexibility index (Phi) is 20.8. The summed E-state index contributed by atoms with van der Waals surface area (Å²) in [5.41, 5.74) is 19.5. The summed E-state index contributed by atoms with van der Waals surface area (Å²) in [4.78, 5) is 31.2. The summed E-state index contributed by atoms with van der Waals surface area (Å²) in [6, 6.07) is 109. The van der Waals surface area contributed by atoms with Crippen LogP contribution in [0.2, 0.25) is 10.6 Å². The highest BCUT2D eigenvalue weighted by Gasteiger charge is 2.53. The molecule has 0 aliphatic carbocycles. The first-order valence-corrected chi connectivity index (χ1v) is 36.2. The van der Waals surface area contributed by atoms with Crippen LogP contribution in [0.3, 0.4) is 0 Å². The number of para-hydroxylation sites is 2. The molecule has 10 bridgehead atoms. The standard InChI is InChI=1S/C42H45B2NO4.C39H26N4.C9H5Cl2N3.FH.H2/c1-39(2)40(3,4)47-43(46-39)34-20-12-16-30(26-34)32-18-14-24-37(28-32)45(36-22-10-9-11-23-36)38-25-15-19-33(29-38)31-17-13-21-35(27-31)44-48-41(5,6)42(7,8)49-44;1-3-11-27(12-4-1)37-40-38-32-17-7-13-28(23-32)30-15-9-21-35(25-30)43(34-19-5-2-6-20-34)36-22-10-16-31(26-36)29-14-8-18-33(24-29)39(41-37)42-38;10-8-12-7(13-9(11)14-8)6-4-2-1-3-5-6;;/h9-29H,1-8H3;1-26H;1-5H;2*1H/i;;;;1+1. The monoisotopic (exact) mass is 1450 g/mol. The third-order valence-corrected chi connectivity index (χ3v) is 20.5. The van der Waals surface area contributed by atoms with E-state index in [1.165, 1.54) is 0 Å². The molecule has 3 aliphatic heterocycles. The van der Waals surface area contributed by atoms with Gasteiger partial charge in [0.25, 0.3) is 0 Å². The van der Waals surface area contributed by atoms with E-state index < -0.39 is 36.6 Å². The molecule has 12 aromatic carbocycles. The fourth-order valence-electron chi connectivity index (χ4n) is 13.1. The maximum absolute atomic E-state index is 6.38. The molecule has 2 aromatic heterocycles. The summed E-state index contributed by atoms with van der Waals surface area (Å²) in [5, 5.41) is 0.202. The fraction of sp³-hybridized carbons (Fsp3) is 0.133. The first-order chi connectivity index (χ1) is 51.3. The van der Waals surface area contributed by atoms with E-state index in [2.05, 4.69) is 335 Å². The van der Waals surface area contributed by atoms with Crippen LogP contribution in [-0.4, -0.2) is 66.5 Å². The lowest BCUT2D eigenvalue weighted by Crippen LogP contribution is -2.41. The fourth-order valence-corrected chi connectivity index (χ4v) is 13.5. The highest BCUT2D eigenvalue weighted by molar-refractivity contribution is 6.62. The van der Waals surface area contributed by atoms with Crippen molar-refractivity contribution in [3.63, 3.8) is 0 Å². The highest BCUT2D eigenvalue weighted by atomic mass is 35.5.